The van der Waals surface area contributed by atoms with E-state index >= 15 is 0 Å². The van der Waals surface area contributed by atoms with Crippen molar-refractivity contribution in [1.82, 2.24) is 10.3 Å². The number of rotatable bonds is 6. The van der Waals surface area contributed by atoms with Crippen LogP contribution in [0, 0.1) is 0 Å². The number of fused-ring (bicyclic) bond motifs is 1. The second-order valence-electron chi connectivity index (χ2n) is 4.81. The van der Waals surface area contributed by atoms with E-state index in [2.05, 4.69) is 22.5 Å². The van der Waals surface area contributed by atoms with Crippen LogP contribution in [0.4, 0.5) is 5.69 Å². The molecule has 0 amide bonds. The molecule has 0 spiro atoms. The van der Waals surface area contributed by atoms with Gasteiger partial charge in [-0.1, -0.05) is 11.6 Å². The van der Waals surface area contributed by atoms with Crippen LogP contribution in [0.25, 0.3) is 10.9 Å². The minimum absolute atomic E-state index is 0.439. The van der Waals surface area contributed by atoms with Crippen LogP contribution in [0.1, 0.15) is 19.8 Å². The SMILES string of the molecule is CNCCC[C@H](C)Nc1ccnc2cc(Cl)ccc12. The molecule has 0 aliphatic heterocycles. The third kappa shape index (κ3) is 3.82. The smallest absolute Gasteiger partial charge is 0.0737 e. The molecule has 1 heterocycles. The van der Waals surface area contributed by atoms with Crippen LogP contribution in [0.15, 0.2) is 30.5 Å². The number of halogens is 1. The van der Waals surface area contributed by atoms with E-state index in [1.807, 2.05) is 37.5 Å². The average molecular weight is 278 g/mol. The van der Waals surface area contributed by atoms with Gasteiger partial charge >= 0.3 is 0 Å². The van der Waals surface area contributed by atoms with Gasteiger partial charge in [-0.3, -0.25) is 4.98 Å². The van der Waals surface area contributed by atoms with Crippen molar-refractivity contribution < 1.29 is 0 Å². The molecule has 0 aliphatic carbocycles. The second kappa shape index (κ2) is 6.73. The van der Waals surface area contributed by atoms with Crippen LogP contribution in [0.3, 0.4) is 0 Å². The fraction of sp³-hybridized carbons (Fsp3) is 0.400. The highest BCUT2D eigenvalue weighted by Gasteiger charge is 2.06. The fourth-order valence-electron chi connectivity index (χ4n) is 2.17. The Bertz CT molecular complexity index is 542. The summed E-state index contributed by atoms with van der Waals surface area (Å²) >= 11 is 5.99. The van der Waals surface area contributed by atoms with Crippen molar-refractivity contribution in [2.75, 3.05) is 18.9 Å². The molecule has 2 rings (SSSR count). The highest BCUT2D eigenvalue weighted by molar-refractivity contribution is 6.31. The first-order chi connectivity index (χ1) is 9.20. The molecule has 102 valence electrons. The van der Waals surface area contributed by atoms with Gasteiger partial charge in [0, 0.05) is 28.3 Å². The van der Waals surface area contributed by atoms with Crippen LogP contribution in [-0.2, 0) is 0 Å². The summed E-state index contributed by atoms with van der Waals surface area (Å²) < 4.78 is 0. The molecule has 0 bridgehead atoms. The molecular formula is C15H20ClN3. The number of nitrogens with one attached hydrogen (secondary N) is 2. The number of nitrogens with zero attached hydrogens (tertiary/aromatic N) is 1. The lowest BCUT2D eigenvalue weighted by Crippen LogP contribution is -2.18. The molecular weight excluding hydrogens is 258 g/mol. The zero-order valence-corrected chi connectivity index (χ0v) is 12.2. The average Bonchev–Trinajstić information content (AvgIpc) is 2.39. The van der Waals surface area contributed by atoms with Gasteiger partial charge in [0.15, 0.2) is 0 Å². The Morgan fingerprint density at radius 3 is 2.95 bits per heavy atom. The Kier molecular flexibility index (Phi) is 5.00. The summed E-state index contributed by atoms with van der Waals surface area (Å²) in [6, 6.07) is 8.28. The zero-order chi connectivity index (χ0) is 13.7. The van der Waals surface area contributed by atoms with Crippen LogP contribution in [-0.4, -0.2) is 24.6 Å². The third-order valence-corrected chi connectivity index (χ3v) is 3.41. The Hall–Kier alpha value is -1.32. The van der Waals surface area contributed by atoms with E-state index in [0.29, 0.717) is 6.04 Å². The van der Waals surface area contributed by atoms with Gasteiger partial charge in [-0.2, -0.15) is 0 Å². The maximum atomic E-state index is 5.99. The summed E-state index contributed by atoms with van der Waals surface area (Å²) in [4.78, 5) is 4.35. The van der Waals surface area contributed by atoms with Gasteiger partial charge in [0.2, 0.25) is 0 Å². The lowest BCUT2D eigenvalue weighted by molar-refractivity contribution is 0.625. The summed E-state index contributed by atoms with van der Waals surface area (Å²) in [5.74, 6) is 0. The number of aromatic nitrogens is 1. The first-order valence-electron chi connectivity index (χ1n) is 6.66. The predicted octanol–water partition coefficient (Wildman–Crippen LogP) is 3.69. The number of benzene rings is 1. The van der Waals surface area contributed by atoms with Crippen molar-refractivity contribution in [2.45, 2.75) is 25.8 Å². The Morgan fingerprint density at radius 1 is 1.32 bits per heavy atom. The summed E-state index contributed by atoms with van der Waals surface area (Å²) in [7, 11) is 1.98. The molecule has 4 heteroatoms. The van der Waals surface area contributed by atoms with Gasteiger partial charge in [-0.05, 0) is 57.6 Å². The van der Waals surface area contributed by atoms with Crippen LogP contribution < -0.4 is 10.6 Å². The minimum atomic E-state index is 0.439. The summed E-state index contributed by atoms with van der Waals surface area (Å²) in [6.45, 7) is 3.26. The van der Waals surface area contributed by atoms with E-state index < -0.39 is 0 Å². The Balaban J connectivity index is 2.12. The molecule has 2 aromatic rings. The van der Waals surface area contributed by atoms with Gasteiger partial charge < -0.3 is 10.6 Å². The van der Waals surface area contributed by atoms with Crippen molar-refractivity contribution in [3.05, 3.63) is 35.5 Å². The van der Waals surface area contributed by atoms with Crippen molar-refractivity contribution in [3.63, 3.8) is 0 Å². The standard InChI is InChI=1S/C15H20ClN3/c1-11(4-3-8-17-2)19-14-7-9-18-15-10-12(16)5-6-13(14)15/h5-7,9-11,17H,3-4,8H2,1-2H3,(H,18,19)/t11-/m0/s1. The molecule has 0 aliphatic rings. The lowest BCUT2D eigenvalue weighted by atomic mass is 10.1. The molecule has 3 nitrogen and oxygen atoms in total. The largest absolute Gasteiger partial charge is 0.382 e. The van der Waals surface area contributed by atoms with E-state index in [0.717, 1.165) is 34.6 Å². The van der Waals surface area contributed by atoms with Crippen LogP contribution >= 0.6 is 11.6 Å². The molecule has 1 aromatic carbocycles. The quantitative estimate of drug-likeness (QED) is 0.791. The van der Waals surface area contributed by atoms with E-state index in [4.69, 9.17) is 11.6 Å². The molecule has 0 saturated heterocycles. The van der Waals surface area contributed by atoms with E-state index in [9.17, 15) is 0 Å². The molecule has 1 atom stereocenters. The Labute approximate surface area is 119 Å². The van der Waals surface area contributed by atoms with E-state index in [1.165, 1.54) is 6.42 Å². The van der Waals surface area contributed by atoms with Crippen molar-refractivity contribution in [3.8, 4) is 0 Å². The summed E-state index contributed by atoms with van der Waals surface area (Å²) in [6.07, 6.45) is 4.12. The molecule has 1 aromatic heterocycles. The molecule has 0 radical (unpaired) electrons. The number of hydrogen-bond acceptors (Lipinski definition) is 3. The monoisotopic (exact) mass is 277 g/mol. The fourth-order valence-corrected chi connectivity index (χ4v) is 2.34. The maximum absolute atomic E-state index is 5.99. The minimum Gasteiger partial charge on any atom is -0.382 e. The zero-order valence-electron chi connectivity index (χ0n) is 11.4. The normalized spacial score (nSPS) is 12.6. The van der Waals surface area contributed by atoms with Gasteiger partial charge in [-0.25, -0.2) is 0 Å². The first-order valence-corrected chi connectivity index (χ1v) is 7.04. The number of anilines is 1. The Morgan fingerprint density at radius 2 is 2.16 bits per heavy atom. The van der Waals surface area contributed by atoms with Crippen LogP contribution in [0.5, 0.6) is 0 Å². The third-order valence-electron chi connectivity index (χ3n) is 3.17. The molecule has 2 N–H and O–H groups in total. The molecule has 19 heavy (non-hydrogen) atoms. The summed E-state index contributed by atoms with van der Waals surface area (Å²) in [5.41, 5.74) is 2.05. The van der Waals surface area contributed by atoms with Crippen molar-refractivity contribution >= 4 is 28.2 Å². The topological polar surface area (TPSA) is 37.0 Å². The summed E-state index contributed by atoms with van der Waals surface area (Å²) in [5, 5.41) is 8.56. The highest BCUT2D eigenvalue weighted by Crippen LogP contribution is 2.25. The molecule has 0 saturated carbocycles. The van der Waals surface area contributed by atoms with Gasteiger partial charge in [-0.15, -0.1) is 0 Å². The van der Waals surface area contributed by atoms with E-state index in [-0.39, 0.29) is 0 Å². The van der Waals surface area contributed by atoms with Gasteiger partial charge in [0.25, 0.3) is 0 Å². The molecule has 0 fully saturated rings. The highest BCUT2D eigenvalue weighted by atomic mass is 35.5. The maximum Gasteiger partial charge on any atom is 0.0737 e. The second-order valence-corrected chi connectivity index (χ2v) is 5.25. The van der Waals surface area contributed by atoms with Crippen molar-refractivity contribution in [1.29, 1.82) is 0 Å². The predicted molar refractivity (Wildman–Crippen MR) is 83.0 cm³/mol. The number of hydrogen-bond donors (Lipinski definition) is 2. The number of pyridine rings is 1. The van der Waals surface area contributed by atoms with E-state index in [1.54, 1.807) is 0 Å². The van der Waals surface area contributed by atoms with Gasteiger partial charge in [0.1, 0.15) is 0 Å². The first kappa shape index (κ1) is 14.1. The lowest BCUT2D eigenvalue weighted by Gasteiger charge is -2.16. The van der Waals surface area contributed by atoms with Gasteiger partial charge in [0.05, 0.1) is 5.52 Å². The van der Waals surface area contributed by atoms with Crippen molar-refractivity contribution in [2.24, 2.45) is 0 Å². The molecule has 0 unspecified atom stereocenters. The van der Waals surface area contributed by atoms with Crippen LogP contribution in [0.2, 0.25) is 5.02 Å².